The Kier molecular flexibility index (Phi) is 3.79. The average molecular weight is 244 g/mol. The first kappa shape index (κ1) is 11.8. The van der Waals surface area contributed by atoms with E-state index in [0.29, 0.717) is 0 Å². The van der Waals surface area contributed by atoms with Crippen LogP contribution in [-0.2, 0) is 0 Å². The van der Waals surface area contributed by atoms with Gasteiger partial charge in [0.15, 0.2) is 0 Å². The molecule has 1 heterocycles. The van der Waals surface area contributed by atoms with E-state index in [1.807, 2.05) is 0 Å². The second kappa shape index (κ2) is 5.13. The lowest BCUT2D eigenvalue weighted by molar-refractivity contribution is 0.110. The van der Waals surface area contributed by atoms with Crippen LogP contribution in [0.1, 0.15) is 30.9 Å². The minimum absolute atomic E-state index is 0.0624. The summed E-state index contributed by atoms with van der Waals surface area (Å²) in [5.41, 5.74) is 0.284. The summed E-state index contributed by atoms with van der Waals surface area (Å²) >= 11 is 5.69. The van der Waals surface area contributed by atoms with Gasteiger partial charge in [-0.15, -0.1) is 0 Å². The van der Waals surface area contributed by atoms with E-state index >= 15 is 0 Å². The van der Waals surface area contributed by atoms with E-state index in [2.05, 4.69) is 5.32 Å². The molecule has 2 N–H and O–H groups in total. The van der Waals surface area contributed by atoms with Crippen molar-refractivity contribution in [2.45, 2.75) is 31.4 Å². The van der Waals surface area contributed by atoms with Gasteiger partial charge in [-0.05, 0) is 25.5 Å². The Balaban J connectivity index is 2.19. The van der Waals surface area contributed by atoms with Gasteiger partial charge in [0.1, 0.15) is 5.82 Å². The number of aliphatic hydroxyl groups excluding tert-OH is 1. The molecule has 1 aromatic rings. The van der Waals surface area contributed by atoms with Crippen molar-refractivity contribution >= 4 is 11.6 Å². The van der Waals surface area contributed by atoms with Gasteiger partial charge in [-0.3, -0.25) is 0 Å². The fourth-order valence-corrected chi connectivity index (χ4v) is 2.30. The zero-order chi connectivity index (χ0) is 11.5. The monoisotopic (exact) mass is 243 g/mol. The molecule has 0 saturated carbocycles. The molecular formula is C12H15ClFNO. The zero-order valence-corrected chi connectivity index (χ0v) is 9.67. The van der Waals surface area contributed by atoms with E-state index in [-0.39, 0.29) is 16.6 Å². The van der Waals surface area contributed by atoms with Crippen LogP contribution in [0.2, 0.25) is 5.02 Å². The van der Waals surface area contributed by atoms with E-state index in [0.717, 1.165) is 25.8 Å². The summed E-state index contributed by atoms with van der Waals surface area (Å²) in [5, 5.41) is 13.4. The largest absolute Gasteiger partial charge is 0.387 e. The fraction of sp³-hybridized carbons (Fsp3) is 0.500. The number of halogens is 2. The Labute approximate surface area is 99.4 Å². The molecule has 1 aliphatic heterocycles. The summed E-state index contributed by atoms with van der Waals surface area (Å²) in [7, 11) is 0. The van der Waals surface area contributed by atoms with Crippen molar-refractivity contribution in [3.05, 3.63) is 34.6 Å². The number of benzene rings is 1. The third-order valence-electron chi connectivity index (χ3n) is 3.03. The molecule has 88 valence electrons. The quantitative estimate of drug-likeness (QED) is 0.837. The minimum Gasteiger partial charge on any atom is -0.387 e. The van der Waals surface area contributed by atoms with Gasteiger partial charge in [0.2, 0.25) is 0 Å². The van der Waals surface area contributed by atoms with Crippen LogP contribution in [-0.4, -0.2) is 17.7 Å². The van der Waals surface area contributed by atoms with Crippen molar-refractivity contribution in [2.75, 3.05) is 6.54 Å². The highest BCUT2D eigenvalue weighted by Gasteiger charge is 2.25. The maximum Gasteiger partial charge on any atom is 0.147 e. The molecule has 1 aliphatic rings. The van der Waals surface area contributed by atoms with Gasteiger partial charge < -0.3 is 10.4 Å². The Morgan fingerprint density at radius 2 is 2.25 bits per heavy atom. The zero-order valence-electron chi connectivity index (χ0n) is 8.92. The first-order valence-corrected chi connectivity index (χ1v) is 5.93. The topological polar surface area (TPSA) is 32.3 Å². The summed E-state index contributed by atoms with van der Waals surface area (Å²) in [6.45, 7) is 0.879. The van der Waals surface area contributed by atoms with Crippen LogP contribution < -0.4 is 5.32 Å². The van der Waals surface area contributed by atoms with Gasteiger partial charge in [0.25, 0.3) is 0 Å². The minimum atomic E-state index is -0.820. The predicted molar refractivity (Wildman–Crippen MR) is 62.0 cm³/mol. The van der Waals surface area contributed by atoms with Crippen molar-refractivity contribution in [1.82, 2.24) is 5.32 Å². The number of piperidine rings is 1. The summed E-state index contributed by atoms with van der Waals surface area (Å²) < 4.78 is 13.7. The molecule has 4 heteroatoms. The third kappa shape index (κ3) is 2.37. The van der Waals surface area contributed by atoms with Gasteiger partial charge in [0.05, 0.1) is 11.1 Å². The predicted octanol–water partition coefficient (Wildman–Crippen LogP) is 2.65. The molecule has 1 saturated heterocycles. The van der Waals surface area contributed by atoms with Crippen LogP contribution in [0.4, 0.5) is 4.39 Å². The molecule has 0 aliphatic carbocycles. The molecule has 0 spiro atoms. The highest BCUT2D eigenvalue weighted by atomic mass is 35.5. The summed E-state index contributed by atoms with van der Waals surface area (Å²) in [5.74, 6) is -0.510. The Hall–Kier alpha value is -0.640. The normalized spacial score (nSPS) is 23.1. The highest BCUT2D eigenvalue weighted by molar-refractivity contribution is 6.30. The molecule has 2 unspecified atom stereocenters. The molecule has 2 atom stereocenters. The van der Waals surface area contributed by atoms with Crippen LogP contribution in [0.15, 0.2) is 18.2 Å². The Bertz CT molecular complexity index is 366. The Morgan fingerprint density at radius 1 is 1.44 bits per heavy atom. The third-order valence-corrected chi connectivity index (χ3v) is 3.32. The number of rotatable bonds is 2. The second-order valence-corrected chi connectivity index (χ2v) is 4.55. The van der Waals surface area contributed by atoms with E-state index in [1.165, 1.54) is 6.07 Å². The van der Waals surface area contributed by atoms with Gasteiger partial charge in [-0.25, -0.2) is 4.39 Å². The lowest BCUT2D eigenvalue weighted by atomic mass is 9.95. The van der Waals surface area contributed by atoms with Crippen LogP contribution in [0.5, 0.6) is 0 Å². The number of hydrogen-bond acceptors (Lipinski definition) is 2. The first-order chi connectivity index (χ1) is 7.70. The summed E-state index contributed by atoms with van der Waals surface area (Å²) in [6, 6.07) is 4.66. The van der Waals surface area contributed by atoms with Gasteiger partial charge >= 0.3 is 0 Å². The first-order valence-electron chi connectivity index (χ1n) is 5.55. The van der Waals surface area contributed by atoms with Crippen molar-refractivity contribution < 1.29 is 9.50 Å². The van der Waals surface area contributed by atoms with Gasteiger partial charge in [0, 0.05) is 11.6 Å². The van der Waals surface area contributed by atoms with Crippen molar-refractivity contribution in [3.8, 4) is 0 Å². The molecule has 0 aromatic heterocycles. The van der Waals surface area contributed by atoms with Gasteiger partial charge in [-0.2, -0.15) is 0 Å². The molecular weight excluding hydrogens is 229 g/mol. The molecule has 2 nitrogen and oxygen atoms in total. The SMILES string of the molecule is OC(c1cccc(Cl)c1F)C1CCCCN1. The van der Waals surface area contributed by atoms with E-state index < -0.39 is 11.9 Å². The molecule has 16 heavy (non-hydrogen) atoms. The molecule has 0 bridgehead atoms. The number of nitrogens with one attached hydrogen (secondary N) is 1. The smallest absolute Gasteiger partial charge is 0.147 e. The molecule has 0 radical (unpaired) electrons. The van der Waals surface area contributed by atoms with E-state index in [1.54, 1.807) is 12.1 Å². The summed E-state index contributed by atoms with van der Waals surface area (Å²) in [6.07, 6.45) is 2.23. The number of hydrogen-bond donors (Lipinski definition) is 2. The van der Waals surface area contributed by atoms with Crippen molar-refractivity contribution in [2.24, 2.45) is 0 Å². The van der Waals surface area contributed by atoms with Crippen LogP contribution in [0.25, 0.3) is 0 Å². The molecule has 0 amide bonds. The highest BCUT2D eigenvalue weighted by Crippen LogP contribution is 2.28. The van der Waals surface area contributed by atoms with Crippen LogP contribution >= 0.6 is 11.6 Å². The van der Waals surface area contributed by atoms with E-state index in [9.17, 15) is 9.50 Å². The van der Waals surface area contributed by atoms with Crippen LogP contribution in [0.3, 0.4) is 0 Å². The standard InChI is InChI=1S/C12H15ClFNO/c13-9-5-3-4-8(11(9)14)12(16)10-6-1-2-7-15-10/h3-5,10,12,15-16H,1-2,6-7H2. The van der Waals surface area contributed by atoms with E-state index in [4.69, 9.17) is 11.6 Å². The van der Waals surface area contributed by atoms with Crippen LogP contribution in [0, 0.1) is 5.82 Å². The van der Waals surface area contributed by atoms with Crippen molar-refractivity contribution in [1.29, 1.82) is 0 Å². The Morgan fingerprint density at radius 3 is 2.94 bits per heavy atom. The fourth-order valence-electron chi connectivity index (χ4n) is 2.11. The maximum atomic E-state index is 13.7. The van der Waals surface area contributed by atoms with Crippen molar-refractivity contribution in [3.63, 3.8) is 0 Å². The van der Waals surface area contributed by atoms with Gasteiger partial charge in [-0.1, -0.05) is 30.2 Å². The maximum absolute atomic E-state index is 13.7. The molecule has 1 fully saturated rings. The second-order valence-electron chi connectivity index (χ2n) is 4.14. The summed E-state index contributed by atoms with van der Waals surface area (Å²) in [4.78, 5) is 0. The molecule has 1 aromatic carbocycles. The lowest BCUT2D eigenvalue weighted by Crippen LogP contribution is -2.39. The molecule has 2 rings (SSSR count). The lowest BCUT2D eigenvalue weighted by Gasteiger charge is -2.28. The average Bonchev–Trinajstić information content (AvgIpc) is 2.33. The number of aliphatic hydroxyl groups is 1.